The number of ether oxygens (including phenoxy) is 1. The molecule has 0 radical (unpaired) electrons. The lowest BCUT2D eigenvalue weighted by atomic mass is 9.71. The molecule has 2 fully saturated rings. The Hall–Kier alpha value is -1.62. The topological polar surface area (TPSA) is 58.6 Å². The number of hydrogen-bond donors (Lipinski definition) is 1. The molecule has 2 rings (SSSR count). The molecule has 3 atom stereocenters. The van der Waals surface area contributed by atoms with Crippen LogP contribution in [0, 0.1) is 17.8 Å². The van der Waals surface area contributed by atoms with E-state index in [9.17, 15) is 9.59 Å². The van der Waals surface area contributed by atoms with Crippen molar-refractivity contribution in [1.29, 1.82) is 0 Å². The van der Waals surface area contributed by atoms with Crippen LogP contribution in [-0.2, 0) is 14.3 Å². The molecule has 5 nitrogen and oxygen atoms in total. The van der Waals surface area contributed by atoms with Crippen LogP contribution in [0.5, 0.6) is 0 Å². The van der Waals surface area contributed by atoms with Crippen molar-refractivity contribution < 1.29 is 14.3 Å². The second kappa shape index (κ2) is 11.3. The quantitative estimate of drug-likeness (QED) is 0.401. The summed E-state index contributed by atoms with van der Waals surface area (Å²) in [6, 6.07) is 0.555. The van der Waals surface area contributed by atoms with Crippen LogP contribution in [0.1, 0.15) is 52.4 Å². The number of aldehydes is 1. The Bertz CT molecular complexity index is 538. The zero-order chi connectivity index (χ0) is 19.6. The van der Waals surface area contributed by atoms with Gasteiger partial charge in [-0.3, -0.25) is 4.79 Å². The molecule has 5 heteroatoms. The SMILES string of the molecule is CC/C(=C\C=C\N(C)C1CCC(C2CCOCC2)CC1C)C(=O)NCC=O. The maximum absolute atomic E-state index is 12.0. The van der Waals surface area contributed by atoms with Crippen molar-refractivity contribution in [1.82, 2.24) is 10.2 Å². The minimum atomic E-state index is -0.165. The highest BCUT2D eigenvalue weighted by molar-refractivity contribution is 5.94. The normalized spacial score (nSPS) is 27.5. The monoisotopic (exact) mass is 376 g/mol. The molecular formula is C22H36N2O3. The predicted molar refractivity (Wildman–Crippen MR) is 108 cm³/mol. The van der Waals surface area contributed by atoms with E-state index < -0.39 is 0 Å². The fourth-order valence-corrected chi connectivity index (χ4v) is 4.65. The van der Waals surface area contributed by atoms with Crippen LogP contribution < -0.4 is 5.32 Å². The summed E-state index contributed by atoms with van der Waals surface area (Å²) in [5.74, 6) is 2.21. The summed E-state index contributed by atoms with van der Waals surface area (Å²) in [4.78, 5) is 24.7. The lowest BCUT2D eigenvalue weighted by Gasteiger charge is -2.42. The van der Waals surface area contributed by atoms with Gasteiger partial charge in [0.1, 0.15) is 6.29 Å². The second-order valence-electron chi connectivity index (χ2n) is 8.00. The highest BCUT2D eigenvalue weighted by Crippen LogP contribution is 2.39. The fraction of sp³-hybridized carbons (Fsp3) is 0.727. The van der Waals surface area contributed by atoms with Gasteiger partial charge in [0.2, 0.25) is 5.91 Å². The fourth-order valence-electron chi connectivity index (χ4n) is 4.65. The summed E-state index contributed by atoms with van der Waals surface area (Å²) in [6.45, 7) is 6.26. The molecule has 0 aromatic rings. The van der Waals surface area contributed by atoms with Gasteiger partial charge in [-0.05, 0) is 68.6 Å². The first-order valence-corrected chi connectivity index (χ1v) is 10.5. The summed E-state index contributed by atoms with van der Waals surface area (Å²) in [6.07, 6.45) is 13.5. The first-order chi connectivity index (χ1) is 13.1. The molecule has 1 amide bonds. The average Bonchev–Trinajstić information content (AvgIpc) is 2.69. The van der Waals surface area contributed by atoms with Crippen LogP contribution in [0.3, 0.4) is 0 Å². The van der Waals surface area contributed by atoms with Crippen LogP contribution in [0.25, 0.3) is 0 Å². The van der Waals surface area contributed by atoms with Crippen molar-refractivity contribution in [3.05, 3.63) is 23.9 Å². The first kappa shape index (κ1) is 21.7. The van der Waals surface area contributed by atoms with E-state index in [1.165, 1.54) is 32.1 Å². The molecule has 1 heterocycles. The minimum Gasteiger partial charge on any atom is -0.381 e. The molecule has 0 aromatic heterocycles. The number of carbonyl (C=O) groups excluding carboxylic acids is 2. The van der Waals surface area contributed by atoms with Crippen LogP contribution in [0.4, 0.5) is 0 Å². The highest BCUT2D eigenvalue weighted by Gasteiger charge is 2.33. The summed E-state index contributed by atoms with van der Waals surface area (Å²) in [7, 11) is 2.14. The third-order valence-corrected chi connectivity index (χ3v) is 6.26. The predicted octanol–water partition coefficient (Wildman–Crippen LogP) is 3.31. The van der Waals surface area contributed by atoms with E-state index >= 15 is 0 Å². The van der Waals surface area contributed by atoms with Gasteiger partial charge in [0, 0.05) is 31.9 Å². The van der Waals surface area contributed by atoms with Gasteiger partial charge in [0.15, 0.2) is 0 Å². The van der Waals surface area contributed by atoms with Gasteiger partial charge in [0.05, 0.1) is 6.54 Å². The third kappa shape index (κ3) is 6.49. The molecule has 0 bridgehead atoms. The van der Waals surface area contributed by atoms with Crippen molar-refractivity contribution in [3.8, 4) is 0 Å². The molecule has 152 valence electrons. The van der Waals surface area contributed by atoms with Crippen molar-refractivity contribution in [2.75, 3.05) is 26.8 Å². The Morgan fingerprint density at radius 2 is 1.93 bits per heavy atom. The molecule has 0 spiro atoms. The zero-order valence-electron chi connectivity index (χ0n) is 17.2. The van der Waals surface area contributed by atoms with Gasteiger partial charge in [-0.2, -0.15) is 0 Å². The first-order valence-electron chi connectivity index (χ1n) is 10.5. The maximum Gasteiger partial charge on any atom is 0.247 e. The van der Waals surface area contributed by atoms with E-state index in [2.05, 4.69) is 30.4 Å². The minimum absolute atomic E-state index is 0.0632. The Kier molecular flexibility index (Phi) is 9.05. The van der Waals surface area contributed by atoms with Gasteiger partial charge >= 0.3 is 0 Å². The number of nitrogens with one attached hydrogen (secondary N) is 1. The van der Waals surface area contributed by atoms with E-state index in [1.54, 1.807) is 0 Å². The van der Waals surface area contributed by atoms with Crippen molar-refractivity contribution >= 4 is 12.2 Å². The molecule has 0 aromatic carbocycles. The second-order valence-corrected chi connectivity index (χ2v) is 8.00. The van der Waals surface area contributed by atoms with E-state index in [0.29, 0.717) is 30.2 Å². The molecule has 2 aliphatic rings. The van der Waals surface area contributed by atoms with Crippen LogP contribution in [-0.4, -0.2) is 49.9 Å². The largest absolute Gasteiger partial charge is 0.381 e. The van der Waals surface area contributed by atoms with E-state index in [0.717, 1.165) is 25.0 Å². The van der Waals surface area contributed by atoms with E-state index in [1.807, 2.05) is 19.1 Å². The number of rotatable bonds is 8. The summed E-state index contributed by atoms with van der Waals surface area (Å²) in [5.41, 5.74) is 0.692. The highest BCUT2D eigenvalue weighted by atomic mass is 16.5. The van der Waals surface area contributed by atoms with Crippen LogP contribution in [0.2, 0.25) is 0 Å². The van der Waals surface area contributed by atoms with Gasteiger partial charge in [-0.1, -0.05) is 19.9 Å². The van der Waals surface area contributed by atoms with E-state index in [4.69, 9.17) is 4.74 Å². The lowest BCUT2D eigenvalue weighted by Crippen LogP contribution is -2.40. The van der Waals surface area contributed by atoms with Crippen molar-refractivity contribution in [2.24, 2.45) is 17.8 Å². The standard InChI is InChI=1S/C22H36N2O3/c1-4-18(22(26)23-11-13-25)6-5-12-24(3)21-8-7-20(16-17(21)2)19-9-14-27-15-10-19/h5-6,12-13,17,19-21H,4,7-11,14-16H2,1-3H3,(H,23,26)/b12-5+,18-6+. The van der Waals surface area contributed by atoms with Gasteiger partial charge in [-0.15, -0.1) is 0 Å². The number of carbonyl (C=O) groups is 2. The summed E-state index contributed by atoms with van der Waals surface area (Å²) >= 11 is 0. The Labute approximate surface area is 164 Å². The van der Waals surface area contributed by atoms with Gasteiger partial charge in [0.25, 0.3) is 0 Å². The summed E-state index contributed by atoms with van der Waals surface area (Å²) in [5, 5.41) is 2.60. The molecule has 1 saturated carbocycles. The Morgan fingerprint density at radius 1 is 1.19 bits per heavy atom. The molecule has 1 aliphatic carbocycles. The molecule has 1 N–H and O–H groups in total. The van der Waals surface area contributed by atoms with E-state index in [-0.39, 0.29) is 12.5 Å². The number of allylic oxidation sites excluding steroid dienone is 2. The maximum atomic E-state index is 12.0. The molecular weight excluding hydrogens is 340 g/mol. The molecule has 27 heavy (non-hydrogen) atoms. The lowest BCUT2D eigenvalue weighted by molar-refractivity contribution is -0.119. The smallest absolute Gasteiger partial charge is 0.247 e. The van der Waals surface area contributed by atoms with Crippen molar-refractivity contribution in [3.63, 3.8) is 0 Å². The molecule has 1 aliphatic heterocycles. The Morgan fingerprint density at radius 3 is 2.56 bits per heavy atom. The van der Waals surface area contributed by atoms with Crippen molar-refractivity contribution in [2.45, 2.75) is 58.4 Å². The molecule has 1 saturated heterocycles. The van der Waals surface area contributed by atoms with Crippen LogP contribution >= 0.6 is 0 Å². The third-order valence-electron chi connectivity index (χ3n) is 6.26. The average molecular weight is 377 g/mol. The molecule has 3 unspecified atom stereocenters. The van der Waals surface area contributed by atoms with Gasteiger partial charge in [-0.25, -0.2) is 0 Å². The van der Waals surface area contributed by atoms with Crippen LogP contribution in [0.15, 0.2) is 23.9 Å². The van der Waals surface area contributed by atoms with Gasteiger partial charge < -0.3 is 19.7 Å². The Balaban J connectivity index is 1.86. The number of hydrogen-bond acceptors (Lipinski definition) is 4. The number of amides is 1. The zero-order valence-corrected chi connectivity index (χ0v) is 17.2. The summed E-state index contributed by atoms with van der Waals surface area (Å²) < 4.78 is 5.52. The number of nitrogens with zero attached hydrogens (tertiary/aromatic N) is 1.